The van der Waals surface area contributed by atoms with E-state index in [9.17, 15) is 14.0 Å². The molecule has 1 rings (SSSR count). The minimum absolute atomic E-state index is 0.0945. The third-order valence-electron chi connectivity index (χ3n) is 3.01. The zero-order valence-corrected chi connectivity index (χ0v) is 14.1. The number of nitrogens with one attached hydrogen (secondary N) is 1. The van der Waals surface area contributed by atoms with Gasteiger partial charge < -0.3 is 14.8 Å². The monoisotopic (exact) mass is 337 g/mol. The van der Waals surface area contributed by atoms with Gasteiger partial charge in [-0.2, -0.15) is 5.26 Å². The van der Waals surface area contributed by atoms with Crippen LogP contribution in [-0.4, -0.2) is 30.8 Å². The zero-order valence-electron chi connectivity index (χ0n) is 15.1. The second kappa shape index (κ2) is 7.77. The second-order valence-corrected chi connectivity index (χ2v) is 6.14. The summed E-state index contributed by atoms with van der Waals surface area (Å²) < 4.78 is 31.2. The van der Waals surface area contributed by atoms with E-state index in [1.54, 1.807) is 26.8 Å². The largest absolute Gasteiger partial charge is 0.467 e. The Labute approximate surface area is 142 Å². The third-order valence-corrected chi connectivity index (χ3v) is 3.01. The van der Waals surface area contributed by atoms with Crippen LogP contribution in [0.5, 0.6) is 0 Å². The predicted molar refractivity (Wildman–Crippen MR) is 84.7 cm³/mol. The van der Waals surface area contributed by atoms with Crippen LogP contribution in [0, 0.1) is 24.0 Å². The van der Waals surface area contributed by atoms with Gasteiger partial charge in [0.25, 0.3) is 0 Å². The highest BCUT2D eigenvalue weighted by Gasteiger charge is 2.26. The van der Waals surface area contributed by atoms with Gasteiger partial charge in [-0.15, -0.1) is 0 Å². The van der Waals surface area contributed by atoms with Crippen LogP contribution in [0.2, 0.25) is 0 Å². The van der Waals surface area contributed by atoms with Crippen molar-refractivity contribution in [1.82, 2.24) is 5.32 Å². The SMILES string of the molecule is [2H]Cc1cc(C#N)c(F)cc1C[C@H](NC(=O)OC(C)(C)C)C(=O)OC. The molecule has 0 aliphatic rings. The highest BCUT2D eigenvalue weighted by atomic mass is 19.1. The molecule has 0 heterocycles. The van der Waals surface area contributed by atoms with Crippen LogP contribution in [0.3, 0.4) is 0 Å². The van der Waals surface area contributed by atoms with E-state index >= 15 is 0 Å². The topological polar surface area (TPSA) is 88.4 Å². The van der Waals surface area contributed by atoms with Crippen LogP contribution < -0.4 is 5.32 Å². The molecule has 24 heavy (non-hydrogen) atoms. The van der Waals surface area contributed by atoms with Gasteiger partial charge in [-0.3, -0.25) is 0 Å². The van der Waals surface area contributed by atoms with E-state index in [2.05, 4.69) is 10.1 Å². The molecular formula is C17H21FN2O4. The van der Waals surface area contributed by atoms with Crippen LogP contribution in [0.4, 0.5) is 9.18 Å². The smallest absolute Gasteiger partial charge is 0.408 e. The number of carbonyl (C=O) groups excluding carboxylic acids is 2. The average Bonchev–Trinajstić information content (AvgIpc) is 2.51. The molecule has 1 atom stereocenters. The van der Waals surface area contributed by atoms with Gasteiger partial charge in [-0.1, -0.05) is 0 Å². The number of benzene rings is 1. The fourth-order valence-electron chi connectivity index (χ4n) is 1.94. The number of nitriles is 1. The van der Waals surface area contributed by atoms with Crippen molar-refractivity contribution in [1.29, 1.82) is 5.26 Å². The summed E-state index contributed by atoms with van der Waals surface area (Å²) in [4.78, 5) is 23.8. The number of halogens is 1. The summed E-state index contributed by atoms with van der Waals surface area (Å²) in [5.41, 5.74) is -0.214. The van der Waals surface area contributed by atoms with Crippen molar-refractivity contribution in [2.75, 3.05) is 7.11 Å². The maximum atomic E-state index is 13.9. The fourth-order valence-corrected chi connectivity index (χ4v) is 1.94. The molecule has 0 bridgehead atoms. The molecule has 0 aliphatic heterocycles. The minimum Gasteiger partial charge on any atom is -0.467 e. The molecule has 0 spiro atoms. The van der Waals surface area contributed by atoms with Gasteiger partial charge >= 0.3 is 12.1 Å². The molecule has 0 fully saturated rings. The first-order valence-electron chi connectivity index (χ1n) is 7.90. The van der Waals surface area contributed by atoms with Gasteiger partial charge in [0.05, 0.1) is 12.7 Å². The number of hydrogen-bond acceptors (Lipinski definition) is 5. The first-order valence-corrected chi connectivity index (χ1v) is 7.19. The number of alkyl carbamates (subject to hydrolysis) is 1. The molecule has 0 aliphatic carbocycles. The molecule has 0 radical (unpaired) electrons. The number of hydrogen-bond donors (Lipinski definition) is 1. The summed E-state index contributed by atoms with van der Waals surface area (Å²) in [6.07, 6.45) is -0.910. The van der Waals surface area contributed by atoms with Crippen molar-refractivity contribution < 1.29 is 24.8 Å². The Hall–Kier alpha value is -2.62. The molecule has 0 aromatic heterocycles. The van der Waals surface area contributed by atoms with Gasteiger partial charge in [-0.25, -0.2) is 14.0 Å². The Kier molecular flexibility index (Phi) is 5.74. The van der Waals surface area contributed by atoms with Gasteiger partial charge in [-0.05, 0) is 50.9 Å². The number of carbonyl (C=O) groups is 2. The van der Waals surface area contributed by atoms with Crippen molar-refractivity contribution >= 4 is 12.1 Å². The van der Waals surface area contributed by atoms with Crippen LogP contribution in [0.1, 0.15) is 38.8 Å². The summed E-state index contributed by atoms with van der Waals surface area (Å²) in [5.74, 6) is -1.48. The number of amides is 1. The summed E-state index contributed by atoms with van der Waals surface area (Å²) >= 11 is 0. The maximum Gasteiger partial charge on any atom is 0.408 e. The highest BCUT2D eigenvalue weighted by molar-refractivity contribution is 5.81. The van der Waals surface area contributed by atoms with Crippen LogP contribution >= 0.6 is 0 Å². The van der Waals surface area contributed by atoms with E-state index < -0.39 is 29.5 Å². The molecule has 1 aromatic rings. The molecule has 1 N–H and O–H groups in total. The van der Waals surface area contributed by atoms with E-state index in [0.29, 0.717) is 11.1 Å². The van der Waals surface area contributed by atoms with Crippen LogP contribution in [0.25, 0.3) is 0 Å². The van der Waals surface area contributed by atoms with Gasteiger partial charge in [0, 0.05) is 7.79 Å². The van der Waals surface area contributed by atoms with Crippen molar-refractivity contribution in [2.45, 2.75) is 45.7 Å². The molecule has 0 saturated carbocycles. The molecule has 130 valence electrons. The Morgan fingerprint density at radius 3 is 2.62 bits per heavy atom. The third kappa shape index (κ3) is 5.54. The van der Waals surface area contributed by atoms with Crippen LogP contribution in [-0.2, 0) is 20.7 Å². The Morgan fingerprint density at radius 1 is 1.46 bits per heavy atom. The van der Waals surface area contributed by atoms with Gasteiger partial charge in [0.2, 0.25) is 0 Å². The Morgan fingerprint density at radius 2 is 2.12 bits per heavy atom. The number of rotatable bonds is 4. The van der Waals surface area contributed by atoms with Crippen molar-refractivity contribution in [2.24, 2.45) is 0 Å². The fraction of sp³-hybridized carbons (Fsp3) is 0.471. The number of aryl methyl sites for hydroxylation is 1. The minimum atomic E-state index is -1.11. The lowest BCUT2D eigenvalue weighted by atomic mass is 9.98. The molecular weight excluding hydrogens is 315 g/mol. The normalized spacial score (nSPS) is 12.6. The second-order valence-electron chi connectivity index (χ2n) is 6.14. The molecule has 1 amide bonds. The summed E-state index contributed by atoms with van der Waals surface area (Å²) in [5, 5.41) is 11.3. The first-order chi connectivity index (χ1) is 11.6. The highest BCUT2D eigenvalue weighted by Crippen LogP contribution is 2.17. The van der Waals surface area contributed by atoms with Crippen molar-refractivity contribution in [3.63, 3.8) is 0 Å². The molecule has 1 aromatic carbocycles. The van der Waals surface area contributed by atoms with Crippen LogP contribution in [0.15, 0.2) is 12.1 Å². The molecule has 0 unspecified atom stereocenters. The van der Waals surface area contributed by atoms with E-state index in [1.165, 1.54) is 6.07 Å². The summed E-state index contributed by atoms with van der Waals surface area (Å²) in [7, 11) is 1.16. The standard InChI is InChI=1S/C17H21FN2O4/c1-10-6-12(9-19)13(18)7-11(10)8-14(15(21)23-5)20-16(22)24-17(2,3)4/h6-7,14H,8H2,1-5H3,(H,20,22)/t14-/m0/s1/i1D. The lowest BCUT2D eigenvalue weighted by molar-refractivity contribution is -0.143. The predicted octanol–water partition coefficient (Wildman–Crippen LogP) is 2.61. The Balaban J connectivity index is 3.07. The lowest BCUT2D eigenvalue weighted by Gasteiger charge is -2.23. The Bertz CT molecular complexity index is 695. The van der Waals surface area contributed by atoms with E-state index in [0.717, 1.165) is 13.2 Å². The lowest BCUT2D eigenvalue weighted by Crippen LogP contribution is -2.45. The molecule has 7 heteroatoms. The molecule has 6 nitrogen and oxygen atoms in total. The van der Waals surface area contributed by atoms with Crippen molar-refractivity contribution in [3.8, 4) is 6.07 Å². The summed E-state index contributed by atoms with van der Waals surface area (Å²) in [6, 6.07) is 2.95. The van der Waals surface area contributed by atoms with Crippen molar-refractivity contribution in [3.05, 3.63) is 34.6 Å². The molecule has 0 saturated heterocycles. The van der Waals surface area contributed by atoms with E-state index in [4.69, 9.17) is 11.4 Å². The van der Waals surface area contributed by atoms with Gasteiger partial charge in [0.15, 0.2) is 0 Å². The maximum absolute atomic E-state index is 13.9. The van der Waals surface area contributed by atoms with E-state index in [1.807, 2.05) is 0 Å². The number of methoxy groups -OCH3 is 1. The quantitative estimate of drug-likeness (QED) is 0.853. The number of ether oxygens (including phenoxy) is 2. The first kappa shape index (κ1) is 17.7. The summed E-state index contributed by atoms with van der Waals surface area (Å²) in [6.45, 7) is 4.82. The number of nitrogens with zero attached hydrogens (tertiary/aromatic N) is 1. The number of esters is 1. The van der Waals surface area contributed by atoms with E-state index in [-0.39, 0.29) is 18.9 Å². The zero-order chi connectivity index (χ0) is 19.2. The van der Waals surface area contributed by atoms with Gasteiger partial charge in [0.1, 0.15) is 23.5 Å². The average molecular weight is 337 g/mol.